The number of carbonyl (C=O) groups excluding carboxylic acids is 1. The van der Waals surface area contributed by atoms with Gasteiger partial charge in [0.15, 0.2) is 0 Å². The fourth-order valence-electron chi connectivity index (χ4n) is 1.86. The van der Waals surface area contributed by atoms with E-state index in [1.165, 1.54) is 0 Å². The predicted octanol–water partition coefficient (Wildman–Crippen LogP) is 2.45. The van der Waals surface area contributed by atoms with Gasteiger partial charge in [-0.3, -0.25) is 4.79 Å². The van der Waals surface area contributed by atoms with Gasteiger partial charge in [-0.25, -0.2) is 0 Å². The lowest BCUT2D eigenvalue weighted by Gasteiger charge is -2.17. The van der Waals surface area contributed by atoms with Crippen LogP contribution in [-0.4, -0.2) is 17.9 Å². The Bertz CT molecular complexity index is 518. The molecule has 1 aromatic heterocycles. The maximum Gasteiger partial charge on any atom is 0.223 e. The maximum absolute atomic E-state index is 12.0. The molecule has 2 aromatic rings. The molecule has 0 aliphatic carbocycles. The Balaban J connectivity index is 1.83. The van der Waals surface area contributed by atoms with Crippen molar-refractivity contribution in [3.8, 4) is 0 Å². The maximum atomic E-state index is 12.0. The molecular weight excluding hydrogens is 240 g/mol. The molecule has 0 spiro atoms. The summed E-state index contributed by atoms with van der Waals surface area (Å²) in [6, 6.07) is 11.3. The number of nitrogens with two attached hydrogens (primary N) is 1. The first-order valence-corrected chi connectivity index (χ1v) is 6.26. The van der Waals surface area contributed by atoms with Gasteiger partial charge in [0, 0.05) is 32.1 Å². The Hall–Kier alpha value is -2.23. The van der Waals surface area contributed by atoms with Gasteiger partial charge in [-0.05, 0) is 29.8 Å². The van der Waals surface area contributed by atoms with E-state index in [4.69, 9.17) is 10.2 Å². The van der Waals surface area contributed by atoms with Crippen molar-refractivity contribution in [3.05, 3.63) is 54.0 Å². The second kappa shape index (κ2) is 6.09. The predicted molar refractivity (Wildman–Crippen MR) is 74.4 cm³/mol. The zero-order valence-corrected chi connectivity index (χ0v) is 11.0. The first-order valence-electron chi connectivity index (χ1n) is 6.26. The van der Waals surface area contributed by atoms with Gasteiger partial charge < -0.3 is 15.1 Å². The molecule has 0 aliphatic heterocycles. The molecule has 0 saturated heterocycles. The molecule has 0 atom stereocenters. The fraction of sp³-hybridized carbons (Fsp3) is 0.267. The molecule has 100 valence electrons. The Morgan fingerprint density at radius 3 is 2.63 bits per heavy atom. The molecule has 0 saturated carbocycles. The van der Waals surface area contributed by atoms with Crippen molar-refractivity contribution < 1.29 is 9.21 Å². The molecule has 1 heterocycles. The lowest BCUT2D eigenvalue weighted by Crippen LogP contribution is -2.26. The van der Waals surface area contributed by atoms with Gasteiger partial charge in [0.25, 0.3) is 0 Å². The Morgan fingerprint density at radius 1 is 1.26 bits per heavy atom. The minimum absolute atomic E-state index is 0.105. The average Bonchev–Trinajstić information content (AvgIpc) is 2.91. The molecule has 1 amide bonds. The van der Waals surface area contributed by atoms with Crippen molar-refractivity contribution >= 4 is 11.6 Å². The highest BCUT2D eigenvalue weighted by atomic mass is 16.3. The van der Waals surface area contributed by atoms with Crippen LogP contribution in [0.4, 0.5) is 5.69 Å². The molecule has 2 rings (SSSR count). The van der Waals surface area contributed by atoms with E-state index in [1.54, 1.807) is 18.2 Å². The average molecular weight is 258 g/mol. The van der Waals surface area contributed by atoms with Crippen LogP contribution in [0.5, 0.6) is 0 Å². The van der Waals surface area contributed by atoms with Crippen LogP contribution in [-0.2, 0) is 17.8 Å². The van der Waals surface area contributed by atoms with E-state index in [-0.39, 0.29) is 5.91 Å². The number of nitrogen functional groups attached to an aromatic ring is 1. The van der Waals surface area contributed by atoms with E-state index in [0.717, 1.165) is 17.0 Å². The lowest BCUT2D eigenvalue weighted by atomic mass is 10.2. The van der Waals surface area contributed by atoms with Crippen molar-refractivity contribution in [1.82, 2.24) is 4.90 Å². The summed E-state index contributed by atoms with van der Waals surface area (Å²) in [4.78, 5) is 13.7. The third-order valence-corrected chi connectivity index (χ3v) is 2.99. The minimum atomic E-state index is 0.105. The highest BCUT2D eigenvalue weighted by Gasteiger charge is 2.10. The molecule has 2 N–H and O–H groups in total. The van der Waals surface area contributed by atoms with E-state index >= 15 is 0 Å². The summed E-state index contributed by atoms with van der Waals surface area (Å²) in [5.74, 6) is 0.947. The molecule has 19 heavy (non-hydrogen) atoms. The Kier molecular flexibility index (Phi) is 4.23. The quantitative estimate of drug-likeness (QED) is 0.838. The molecule has 4 heteroatoms. The number of carbonyl (C=O) groups is 1. The third-order valence-electron chi connectivity index (χ3n) is 2.99. The van der Waals surface area contributed by atoms with Crippen LogP contribution in [0, 0.1) is 0 Å². The van der Waals surface area contributed by atoms with Crippen LogP contribution in [0.25, 0.3) is 0 Å². The number of hydrogen-bond acceptors (Lipinski definition) is 3. The molecule has 0 fully saturated rings. The molecular formula is C15H18N2O2. The van der Waals surface area contributed by atoms with Crippen molar-refractivity contribution in [2.24, 2.45) is 0 Å². The summed E-state index contributed by atoms with van der Waals surface area (Å²) in [7, 11) is 1.81. The first kappa shape index (κ1) is 13.2. The van der Waals surface area contributed by atoms with Crippen LogP contribution in [0.15, 0.2) is 47.1 Å². The zero-order chi connectivity index (χ0) is 13.7. The number of nitrogens with zero attached hydrogens (tertiary/aromatic N) is 1. The normalized spacial score (nSPS) is 10.4. The second-order valence-electron chi connectivity index (χ2n) is 4.57. The number of amides is 1. The van der Waals surface area contributed by atoms with Gasteiger partial charge in [-0.2, -0.15) is 0 Å². The van der Waals surface area contributed by atoms with Crippen LogP contribution < -0.4 is 5.73 Å². The van der Waals surface area contributed by atoms with Crippen LogP contribution in [0.1, 0.15) is 17.7 Å². The smallest absolute Gasteiger partial charge is 0.223 e. The number of furan rings is 1. The van der Waals surface area contributed by atoms with E-state index in [9.17, 15) is 4.79 Å². The summed E-state index contributed by atoms with van der Waals surface area (Å²) >= 11 is 0. The monoisotopic (exact) mass is 258 g/mol. The highest BCUT2D eigenvalue weighted by molar-refractivity contribution is 5.76. The summed E-state index contributed by atoms with van der Waals surface area (Å²) in [6.07, 6.45) is 2.72. The third kappa shape index (κ3) is 3.88. The van der Waals surface area contributed by atoms with Gasteiger partial charge in [0.1, 0.15) is 5.76 Å². The number of hydrogen-bond donors (Lipinski definition) is 1. The summed E-state index contributed by atoms with van der Waals surface area (Å²) < 4.78 is 5.21. The fourth-order valence-corrected chi connectivity index (χ4v) is 1.86. The molecule has 1 aromatic carbocycles. The van der Waals surface area contributed by atoms with Gasteiger partial charge in [0.2, 0.25) is 5.91 Å². The molecule has 0 unspecified atom stereocenters. The van der Waals surface area contributed by atoms with Gasteiger partial charge in [0.05, 0.1) is 6.26 Å². The van der Waals surface area contributed by atoms with Gasteiger partial charge in [-0.15, -0.1) is 0 Å². The topological polar surface area (TPSA) is 59.5 Å². The van der Waals surface area contributed by atoms with Crippen LogP contribution in [0.2, 0.25) is 0 Å². The summed E-state index contributed by atoms with van der Waals surface area (Å²) in [6.45, 7) is 0.595. The van der Waals surface area contributed by atoms with E-state index in [2.05, 4.69) is 0 Å². The minimum Gasteiger partial charge on any atom is -0.469 e. The van der Waals surface area contributed by atoms with Gasteiger partial charge >= 0.3 is 0 Å². The van der Waals surface area contributed by atoms with E-state index < -0.39 is 0 Å². The number of anilines is 1. The first-order chi connectivity index (χ1) is 9.15. The zero-order valence-electron chi connectivity index (χ0n) is 11.0. The standard InChI is InChI=1S/C15H18N2O2/c1-17(11-12-4-6-13(16)7-5-12)15(18)9-8-14-3-2-10-19-14/h2-7,10H,8-9,11,16H2,1H3. The van der Waals surface area contributed by atoms with Crippen molar-refractivity contribution in [2.75, 3.05) is 12.8 Å². The van der Waals surface area contributed by atoms with Crippen LogP contribution in [0.3, 0.4) is 0 Å². The number of benzene rings is 1. The second-order valence-corrected chi connectivity index (χ2v) is 4.57. The molecule has 4 nitrogen and oxygen atoms in total. The largest absolute Gasteiger partial charge is 0.469 e. The number of rotatable bonds is 5. The number of aryl methyl sites for hydroxylation is 1. The van der Waals surface area contributed by atoms with Gasteiger partial charge in [-0.1, -0.05) is 12.1 Å². The summed E-state index contributed by atoms with van der Waals surface area (Å²) in [5, 5.41) is 0. The van der Waals surface area contributed by atoms with E-state index in [1.807, 2.05) is 36.4 Å². The Morgan fingerprint density at radius 2 is 2.00 bits per heavy atom. The van der Waals surface area contributed by atoms with Crippen LogP contribution >= 0.6 is 0 Å². The molecule has 0 radical (unpaired) electrons. The van der Waals surface area contributed by atoms with Crippen molar-refractivity contribution in [2.45, 2.75) is 19.4 Å². The Labute approximate surface area is 112 Å². The lowest BCUT2D eigenvalue weighted by molar-refractivity contribution is -0.130. The molecule has 0 bridgehead atoms. The SMILES string of the molecule is CN(Cc1ccc(N)cc1)C(=O)CCc1ccco1. The van der Waals surface area contributed by atoms with E-state index in [0.29, 0.717) is 19.4 Å². The van der Waals surface area contributed by atoms with Crippen molar-refractivity contribution in [3.63, 3.8) is 0 Å². The van der Waals surface area contributed by atoms with Crippen molar-refractivity contribution in [1.29, 1.82) is 0 Å². The highest BCUT2D eigenvalue weighted by Crippen LogP contribution is 2.10. The molecule has 0 aliphatic rings. The summed E-state index contributed by atoms with van der Waals surface area (Å²) in [5.41, 5.74) is 7.43.